The van der Waals surface area contributed by atoms with Gasteiger partial charge in [0.15, 0.2) is 5.78 Å². The Morgan fingerprint density at radius 1 is 1.16 bits per heavy atom. The van der Waals surface area contributed by atoms with Gasteiger partial charge in [-0.1, -0.05) is 12.1 Å². The summed E-state index contributed by atoms with van der Waals surface area (Å²) in [6.07, 6.45) is 5.19. The average molecular weight is 495 g/mol. The summed E-state index contributed by atoms with van der Waals surface area (Å²) >= 11 is 0. The summed E-state index contributed by atoms with van der Waals surface area (Å²) in [5, 5.41) is 10.3. The number of aryl methyl sites for hydroxylation is 2. The Hall–Kier alpha value is -4.44. The molecule has 0 spiro atoms. The standard InChI is InChI=1S/C30H27FN4O2/c1-18-13-19(2)24(14-20(18)17-37-23-10-8-21(31)9-11-23)28-25(15-32)30(33)35(22-5-4-12-34-16-22)26-6-3-7-27(36)29(26)28/h4-5,8-14,16,28H,3,6-7,17,33H2,1-2H3. The quantitative estimate of drug-likeness (QED) is 0.488. The molecule has 6 nitrogen and oxygen atoms in total. The molecule has 5 rings (SSSR count). The summed E-state index contributed by atoms with van der Waals surface area (Å²) in [4.78, 5) is 19.5. The first-order chi connectivity index (χ1) is 17.9. The molecular weight excluding hydrogens is 467 g/mol. The van der Waals surface area contributed by atoms with Crippen LogP contribution in [0.15, 0.2) is 83.6 Å². The number of ketones is 1. The average Bonchev–Trinajstić information content (AvgIpc) is 2.89. The van der Waals surface area contributed by atoms with Gasteiger partial charge in [0.1, 0.15) is 24.0 Å². The van der Waals surface area contributed by atoms with Crippen LogP contribution in [0.3, 0.4) is 0 Å². The maximum Gasteiger partial charge on any atom is 0.161 e. The van der Waals surface area contributed by atoms with Crippen molar-refractivity contribution in [2.24, 2.45) is 5.73 Å². The van der Waals surface area contributed by atoms with Crippen LogP contribution in [0.5, 0.6) is 5.75 Å². The minimum atomic E-state index is -0.564. The molecule has 2 heterocycles. The van der Waals surface area contributed by atoms with Gasteiger partial charge in [0.2, 0.25) is 0 Å². The molecule has 1 aromatic heterocycles. The summed E-state index contributed by atoms with van der Waals surface area (Å²) in [6.45, 7) is 4.25. The summed E-state index contributed by atoms with van der Waals surface area (Å²) in [7, 11) is 0. The van der Waals surface area contributed by atoms with Crippen molar-refractivity contribution in [2.75, 3.05) is 4.90 Å². The topological polar surface area (TPSA) is 92.2 Å². The second-order valence-corrected chi connectivity index (χ2v) is 9.41. The predicted octanol–water partition coefficient (Wildman–Crippen LogP) is 5.72. The van der Waals surface area contributed by atoms with E-state index < -0.39 is 5.92 Å². The third-order valence-corrected chi connectivity index (χ3v) is 7.06. The Kier molecular flexibility index (Phi) is 6.49. The molecule has 0 saturated heterocycles. The molecule has 2 aromatic carbocycles. The van der Waals surface area contributed by atoms with Crippen LogP contribution < -0.4 is 15.4 Å². The third kappa shape index (κ3) is 4.47. The Labute approximate surface area is 215 Å². The fourth-order valence-corrected chi connectivity index (χ4v) is 5.25. The summed E-state index contributed by atoms with van der Waals surface area (Å²) in [6, 6.07) is 15.9. The van der Waals surface area contributed by atoms with E-state index in [4.69, 9.17) is 10.5 Å². The molecule has 1 aliphatic heterocycles. The van der Waals surface area contributed by atoms with Crippen LogP contribution in [0.25, 0.3) is 0 Å². The van der Waals surface area contributed by atoms with Gasteiger partial charge in [-0.25, -0.2) is 4.39 Å². The van der Waals surface area contributed by atoms with E-state index in [-0.39, 0.29) is 18.2 Å². The number of carbonyl (C=O) groups is 1. The zero-order chi connectivity index (χ0) is 26.1. The monoisotopic (exact) mass is 494 g/mol. The molecule has 3 aromatic rings. The second-order valence-electron chi connectivity index (χ2n) is 9.41. The fraction of sp³-hybridized carbons (Fsp3) is 0.233. The minimum absolute atomic E-state index is 0.0319. The highest BCUT2D eigenvalue weighted by atomic mass is 19.1. The molecule has 0 saturated carbocycles. The number of hydrogen-bond donors (Lipinski definition) is 1. The van der Waals surface area contributed by atoms with Crippen molar-refractivity contribution in [3.05, 3.63) is 112 Å². The van der Waals surface area contributed by atoms with Gasteiger partial charge in [-0.2, -0.15) is 5.26 Å². The third-order valence-electron chi connectivity index (χ3n) is 7.06. The molecule has 37 heavy (non-hydrogen) atoms. The Morgan fingerprint density at radius 3 is 2.65 bits per heavy atom. The number of carbonyl (C=O) groups excluding carboxylic acids is 1. The van der Waals surface area contributed by atoms with E-state index in [9.17, 15) is 14.4 Å². The van der Waals surface area contributed by atoms with Gasteiger partial charge in [0.25, 0.3) is 0 Å². The number of aromatic nitrogens is 1. The molecule has 1 unspecified atom stereocenters. The number of nitrogens with zero attached hydrogens (tertiary/aromatic N) is 3. The minimum Gasteiger partial charge on any atom is -0.489 e. The highest BCUT2D eigenvalue weighted by Gasteiger charge is 2.41. The van der Waals surface area contributed by atoms with Crippen LogP contribution in [-0.2, 0) is 11.4 Å². The Balaban J connectivity index is 1.61. The van der Waals surface area contributed by atoms with Crippen molar-refractivity contribution in [3.8, 4) is 11.8 Å². The number of nitrogens with two attached hydrogens (primary N) is 1. The number of anilines is 1. The first kappa shape index (κ1) is 24.3. The maximum absolute atomic E-state index is 13.4. The zero-order valence-corrected chi connectivity index (χ0v) is 20.8. The molecule has 0 bridgehead atoms. The number of pyridine rings is 1. The predicted molar refractivity (Wildman–Crippen MR) is 139 cm³/mol. The van der Waals surface area contributed by atoms with Crippen molar-refractivity contribution in [1.29, 1.82) is 5.26 Å². The van der Waals surface area contributed by atoms with Crippen molar-refractivity contribution in [1.82, 2.24) is 4.98 Å². The highest BCUT2D eigenvalue weighted by Crippen LogP contribution is 2.47. The van der Waals surface area contributed by atoms with Gasteiger partial charge < -0.3 is 10.5 Å². The van der Waals surface area contributed by atoms with Crippen LogP contribution in [-0.4, -0.2) is 10.8 Å². The number of allylic oxidation sites excluding steroid dienone is 3. The lowest BCUT2D eigenvalue weighted by Gasteiger charge is -2.40. The number of nitriles is 1. The molecule has 1 aliphatic carbocycles. The highest BCUT2D eigenvalue weighted by molar-refractivity contribution is 6.01. The molecular formula is C30H27FN4O2. The number of benzene rings is 2. The first-order valence-corrected chi connectivity index (χ1v) is 12.2. The van der Waals surface area contributed by atoms with E-state index in [1.54, 1.807) is 24.5 Å². The lowest BCUT2D eigenvalue weighted by molar-refractivity contribution is -0.116. The fourth-order valence-electron chi connectivity index (χ4n) is 5.25. The molecule has 0 amide bonds. The maximum atomic E-state index is 13.4. The largest absolute Gasteiger partial charge is 0.489 e. The first-order valence-electron chi connectivity index (χ1n) is 12.2. The molecule has 7 heteroatoms. The van der Waals surface area contributed by atoms with Gasteiger partial charge in [-0.3, -0.25) is 14.7 Å². The SMILES string of the molecule is Cc1cc(C)c(C2C(C#N)=C(N)N(c3cccnc3)C3=C2C(=O)CCC3)cc1COc1ccc(F)cc1. The summed E-state index contributed by atoms with van der Waals surface area (Å²) in [5.41, 5.74) is 12.9. The van der Waals surface area contributed by atoms with Gasteiger partial charge in [-0.05, 0) is 85.3 Å². The normalized spacial score (nSPS) is 17.5. The van der Waals surface area contributed by atoms with E-state index in [0.717, 1.165) is 40.1 Å². The van der Waals surface area contributed by atoms with Gasteiger partial charge in [0.05, 0.1) is 29.4 Å². The number of halogens is 1. The summed E-state index contributed by atoms with van der Waals surface area (Å²) in [5.74, 6) is 0.0174. The lowest BCUT2D eigenvalue weighted by Crippen LogP contribution is -2.39. The second kappa shape index (κ2) is 9.90. The van der Waals surface area contributed by atoms with Crippen molar-refractivity contribution in [2.45, 2.75) is 45.6 Å². The molecule has 0 radical (unpaired) electrons. The molecule has 0 fully saturated rings. The Bertz CT molecular complexity index is 1470. The molecule has 1 atom stereocenters. The Morgan fingerprint density at radius 2 is 1.95 bits per heavy atom. The van der Waals surface area contributed by atoms with E-state index in [0.29, 0.717) is 35.6 Å². The van der Waals surface area contributed by atoms with Crippen molar-refractivity contribution >= 4 is 11.5 Å². The molecule has 2 aliphatic rings. The van der Waals surface area contributed by atoms with Crippen LogP contribution in [0, 0.1) is 31.0 Å². The summed E-state index contributed by atoms with van der Waals surface area (Å²) < 4.78 is 19.2. The molecule has 2 N–H and O–H groups in total. The number of hydrogen-bond acceptors (Lipinski definition) is 6. The number of Topliss-reactive ketones (excluding diaryl/α,β-unsaturated/α-hetero) is 1. The lowest BCUT2D eigenvalue weighted by atomic mass is 9.74. The van der Waals surface area contributed by atoms with Crippen molar-refractivity contribution < 1.29 is 13.9 Å². The van der Waals surface area contributed by atoms with Crippen LogP contribution in [0.1, 0.15) is 47.4 Å². The van der Waals surface area contributed by atoms with Crippen molar-refractivity contribution in [3.63, 3.8) is 0 Å². The van der Waals surface area contributed by atoms with Crippen LogP contribution in [0.2, 0.25) is 0 Å². The zero-order valence-electron chi connectivity index (χ0n) is 20.8. The van der Waals surface area contributed by atoms with Gasteiger partial charge in [0, 0.05) is 23.9 Å². The van der Waals surface area contributed by atoms with Crippen LogP contribution in [0.4, 0.5) is 10.1 Å². The van der Waals surface area contributed by atoms with E-state index in [2.05, 4.69) is 11.1 Å². The number of ether oxygens (including phenoxy) is 1. The van der Waals surface area contributed by atoms with E-state index >= 15 is 0 Å². The van der Waals surface area contributed by atoms with Gasteiger partial charge in [-0.15, -0.1) is 0 Å². The van der Waals surface area contributed by atoms with E-state index in [1.807, 2.05) is 43.0 Å². The number of rotatable bonds is 5. The van der Waals surface area contributed by atoms with Gasteiger partial charge >= 0.3 is 0 Å². The van der Waals surface area contributed by atoms with E-state index in [1.165, 1.54) is 12.1 Å². The van der Waals surface area contributed by atoms with Crippen LogP contribution >= 0.6 is 0 Å². The molecule has 186 valence electrons. The smallest absolute Gasteiger partial charge is 0.161 e.